The maximum atomic E-state index is 14.7. The molecule has 2 aromatic carbocycles. The fourth-order valence-electron chi connectivity index (χ4n) is 6.70. The summed E-state index contributed by atoms with van der Waals surface area (Å²) in [6, 6.07) is 9.19. The number of carbonyl (C=O) groups excluding carboxylic acids is 4. The van der Waals surface area contributed by atoms with Crippen LogP contribution in [0, 0.1) is 24.6 Å². The number of ether oxygens (including phenoxy) is 2. The van der Waals surface area contributed by atoms with E-state index in [0.29, 0.717) is 16.9 Å². The van der Waals surface area contributed by atoms with Crippen LogP contribution in [0.1, 0.15) is 30.5 Å². The van der Waals surface area contributed by atoms with Crippen LogP contribution in [0.15, 0.2) is 36.4 Å². The van der Waals surface area contributed by atoms with Crippen LogP contribution in [0.25, 0.3) is 0 Å². The number of esters is 2. The molecule has 5 rings (SSSR count). The molecule has 1 saturated carbocycles. The van der Waals surface area contributed by atoms with Crippen molar-refractivity contribution in [1.82, 2.24) is 0 Å². The van der Waals surface area contributed by atoms with Crippen molar-refractivity contribution in [3.63, 3.8) is 0 Å². The third-order valence-corrected chi connectivity index (χ3v) is 7.94. The van der Waals surface area contributed by atoms with Gasteiger partial charge in [0.1, 0.15) is 16.6 Å². The molecule has 0 N–H and O–H groups in total. The lowest BCUT2D eigenvalue weighted by Crippen LogP contribution is -2.80. The molecule has 2 aromatic rings. The monoisotopic (exact) mass is 494 g/mol. The summed E-state index contributed by atoms with van der Waals surface area (Å²) in [5.41, 5.74) is -1.41. The van der Waals surface area contributed by atoms with Gasteiger partial charge in [0, 0.05) is 25.5 Å². The number of amides is 2. The number of likely N-dealkylation sites (N-methyl/N-ethyl adjacent to an activating group) is 2. The van der Waals surface area contributed by atoms with Crippen molar-refractivity contribution in [2.45, 2.75) is 31.6 Å². The number of benzene rings is 2. The summed E-state index contributed by atoms with van der Waals surface area (Å²) in [7, 11) is 3.08. The Labute approximate surface area is 208 Å². The van der Waals surface area contributed by atoms with Gasteiger partial charge in [-0.15, -0.1) is 0 Å². The predicted octanol–water partition coefficient (Wildman–Crippen LogP) is 2.63. The van der Waals surface area contributed by atoms with Crippen molar-refractivity contribution in [2.75, 3.05) is 37.1 Å². The van der Waals surface area contributed by atoms with Crippen LogP contribution in [0.2, 0.25) is 0 Å². The summed E-state index contributed by atoms with van der Waals surface area (Å²) in [6.45, 7) is 5.08. The van der Waals surface area contributed by atoms with Gasteiger partial charge in [-0.05, 0) is 56.2 Å². The average molecular weight is 495 g/mol. The number of aryl methyl sites for hydroxylation is 1. The zero-order valence-corrected chi connectivity index (χ0v) is 20.8. The molecule has 3 aliphatic rings. The highest BCUT2D eigenvalue weighted by Crippen LogP contribution is 2.73. The van der Waals surface area contributed by atoms with Crippen molar-refractivity contribution in [1.29, 1.82) is 0 Å². The van der Waals surface area contributed by atoms with Crippen LogP contribution in [0.5, 0.6) is 0 Å². The van der Waals surface area contributed by atoms with Gasteiger partial charge in [-0.2, -0.15) is 0 Å². The van der Waals surface area contributed by atoms with E-state index in [-0.39, 0.29) is 18.8 Å². The summed E-state index contributed by atoms with van der Waals surface area (Å²) in [5, 5.41) is 0. The zero-order chi connectivity index (χ0) is 26.2. The quantitative estimate of drug-likeness (QED) is 0.607. The SMILES string of the molecule is CCOC(=O)[C@@H]1[C@@H](C(=O)OCC)[C@]2(C(=O)N(C)c3ccc(F)cc32)[C@@]12C(=O)N(C)c1ccc(C)cc12. The highest BCUT2D eigenvalue weighted by Gasteiger charge is 2.88. The molecule has 9 heteroatoms. The summed E-state index contributed by atoms with van der Waals surface area (Å²) in [6.07, 6.45) is 0. The van der Waals surface area contributed by atoms with Gasteiger partial charge < -0.3 is 19.3 Å². The topological polar surface area (TPSA) is 93.2 Å². The molecule has 2 heterocycles. The molecule has 2 spiro atoms. The maximum Gasteiger partial charge on any atom is 0.311 e. The second-order valence-corrected chi connectivity index (χ2v) is 9.49. The molecule has 4 atom stereocenters. The maximum absolute atomic E-state index is 14.7. The first kappa shape index (κ1) is 24.0. The molecule has 0 saturated heterocycles. The fourth-order valence-corrected chi connectivity index (χ4v) is 6.70. The van der Waals surface area contributed by atoms with E-state index in [9.17, 15) is 23.6 Å². The van der Waals surface area contributed by atoms with E-state index in [1.807, 2.05) is 13.0 Å². The van der Waals surface area contributed by atoms with Crippen LogP contribution >= 0.6 is 0 Å². The van der Waals surface area contributed by atoms with E-state index in [1.165, 1.54) is 35.0 Å². The Morgan fingerprint density at radius 1 is 0.833 bits per heavy atom. The number of hydrogen-bond acceptors (Lipinski definition) is 6. The molecule has 8 nitrogen and oxygen atoms in total. The largest absolute Gasteiger partial charge is 0.466 e. The highest BCUT2D eigenvalue weighted by atomic mass is 19.1. The third-order valence-electron chi connectivity index (χ3n) is 7.94. The van der Waals surface area contributed by atoms with Gasteiger partial charge in [-0.1, -0.05) is 17.7 Å². The molecular weight excluding hydrogens is 467 g/mol. The van der Waals surface area contributed by atoms with E-state index < -0.39 is 52.2 Å². The van der Waals surface area contributed by atoms with Gasteiger partial charge in [0.25, 0.3) is 0 Å². The zero-order valence-electron chi connectivity index (χ0n) is 20.8. The normalized spacial score (nSPS) is 27.8. The molecule has 1 fully saturated rings. The van der Waals surface area contributed by atoms with Crippen LogP contribution in [0.4, 0.5) is 15.8 Å². The lowest BCUT2D eigenvalue weighted by Gasteiger charge is -2.61. The first-order chi connectivity index (χ1) is 17.1. The van der Waals surface area contributed by atoms with Gasteiger partial charge >= 0.3 is 11.9 Å². The minimum atomic E-state index is -1.90. The number of rotatable bonds is 4. The van der Waals surface area contributed by atoms with Crippen LogP contribution < -0.4 is 9.80 Å². The van der Waals surface area contributed by atoms with E-state index in [1.54, 1.807) is 33.0 Å². The number of halogens is 1. The molecule has 188 valence electrons. The Bertz CT molecular complexity index is 1240. The summed E-state index contributed by atoms with van der Waals surface area (Å²) >= 11 is 0. The molecule has 0 aromatic heterocycles. The fraction of sp³-hybridized carbons (Fsp3) is 0.407. The van der Waals surface area contributed by atoms with Crippen molar-refractivity contribution in [2.24, 2.45) is 11.8 Å². The molecule has 1 aliphatic carbocycles. The van der Waals surface area contributed by atoms with E-state index in [0.717, 1.165) is 5.56 Å². The van der Waals surface area contributed by atoms with Crippen LogP contribution in [-0.2, 0) is 39.5 Å². The van der Waals surface area contributed by atoms with Crippen LogP contribution in [0.3, 0.4) is 0 Å². The molecule has 0 bridgehead atoms. The lowest BCUT2D eigenvalue weighted by atomic mass is 9.34. The standard InChI is InChI=1S/C27H27FN2O6/c1-6-35-22(31)20-21(23(32)36-7-2)27(17-13-15(28)9-11-19(17)30(5)25(27)34)26(20)16-12-14(3)8-10-18(16)29(4)24(26)33/h8-13,20-21H,6-7H2,1-5H3/t20-,21-,26+,27+/m0/s1. The van der Waals surface area contributed by atoms with Gasteiger partial charge in [-0.3, -0.25) is 19.2 Å². The smallest absolute Gasteiger partial charge is 0.311 e. The van der Waals surface area contributed by atoms with E-state index in [4.69, 9.17) is 9.47 Å². The highest BCUT2D eigenvalue weighted by molar-refractivity contribution is 6.24. The third kappa shape index (κ3) is 2.52. The van der Waals surface area contributed by atoms with Crippen LogP contribution in [-0.4, -0.2) is 51.1 Å². The molecule has 36 heavy (non-hydrogen) atoms. The van der Waals surface area contributed by atoms with Crippen molar-refractivity contribution < 1.29 is 33.0 Å². The molecule has 0 unspecified atom stereocenters. The number of carbonyl (C=O) groups is 4. The Morgan fingerprint density at radius 2 is 1.28 bits per heavy atom. The van der Waals surface area contributed by atoms with E-state index in [2.05, 4.69) is 0 Å². The summed E-state index contributed by atoms with van der Waals surface area (Å²) < 4.78 is 25.5. The summed E-state index contributed by atoms with van der Waals surface area (Å²) in [4.78, 5) is 58.5. The molecule has 2 amide bonds. The van der Waals surface area contributed by atoms with Gasteiger partial charge in [0.2, 0.25) is 11.8 Å². The lowest BCUT2D eigenvalue weighted by molar-refractivity contribution is -0.194. The minimum Gasteiger partial charge on any atom is -0.466 e. The van der Waals surface area contributed by atoms with Crippen molar-refractivity contribution >= 4 is 35.1 Å². The average Bonchev–Trinajstić information content (AvgIpc) is 3.19. The van der Waals surface area contributed by atoms with Gasteiger partial charge in [-0.25, -0.2) is 4.39 Å². The second kappa shape index (κ2) is 7.88. The first-order valence-corrected chi connectivity index (χ1v) is 11.9. The molecular formula is C27H27FN2O6. The second-order valence-electron chi connectivity index (χ2n) is 9.49. The first-order valence-electron chi connectivity index (χ1n) is 11.9. The van der Waals surface area contributed by atoms with Crippen molar-refractivity contribution in [3.8, 4) is 0 Å². The number of fused-ring (bicyclic) bond motifs is 5. The Balaban J connectivity index is 1.94. The summed E-state index contributed by atoms with van der Waals surface area (Å²) in [5.74, 6) is -6.05. The van der Waals surface area contributed by atoms with Crippen molar-refractivity contribution in [3.05, 3.63) is 58.9 Å². The van der Waals surface area contributed by atoms with Gasteiger partial charge in [0.15, 0.2) is 0 Å². The Kier molecular flexibility index (Phi) is 5.24. The molecule has 0 radical (unpaired) electrons. The Morgan fingerprint density at radius 3 is 1.75 bits per heavy atom. The minimum absolute atomic E-state index is 0.00244. The number of nitrogens with zero attached hydrogens (tertiary/aromatic N) is 2. The Hall–Kier alpha value is -3.75. The number of anilines is 2. The van der Waals surface area contributed by atoms with Gasteiger partial charge in [0.05, 0.1) is 25.0 Å². The number of hydrogen-bond donors (Lipinski definition) is 0. The van der Waals surface area contributed by atoms with E-state index >= 15 is 0 Å². The predicted molar refractivity (Wildman–Crippen MR) is 128 cm³/mol. The molecule has 2 aliphatic heterocycles.